The molecule has 0 N–H and O–H groups in total. The van der Waals surface area contributed by atoms with Crippen LogP contribution in [0.25, 0.3) is 0 Å². The third-order valence-corrected chi connectivity index (χ3v) is 9.12. The van der Waals surface area contributed by atoms with E-state index in [1.54, 1.807) is 0 Å². The summed E-state index contributed by atoms with van der Waals surface area (Å²) in [6.07, 6.45) is 0. The SMILES string of the molecule is Clc1cc(Cl)c(Cl)c(B(c2c(Cl)c(Cl)cc(Cl)c2Cl)c2c(Cl)c(Cl)cc(Cl)c2Cl)c1Cl. The standard InChI is InChI=1S/C18H3BCl12/c20-4-1-5(21)14(27)10(13(4)26)19(11-15(28)6(22)2-7(23)16(11)29)12-17(30)8(24)3-9(25)18(12)31/h1-3H. The first-order valence-electron chi connectivity index (χ1n) is 7.87. The molecule has 0 aliphatic heterocycles. The van der Waals surface area contributed by atoms with E-state index in [9.17, 15) is 0 Å². The Morgan fingerprint density at radius 3 is 0.645 bits per heavy atom. The Bertz CT molecular complexity index is 994. The van der Waals surface area contributed by atoms with E-state index in [2.05, 4.69) is 0 Å². The van der Waals surface area contributed by atoms with Crippen molar-refractivity contribution in [2.24, 2.45) is 0 Å². The molecule has 0 nitrogen and oxygen atoms in total. The lowest BCUT2D eigenvalue weighted by molar-refractivity contribution is 1.69. The fourth-order valence-corrected chi connectivity index (χ4v) is 6.10. The van der Waals surface area contributed by atoms with E-state index in [0.29, 0.717) is 0 Å². The van der Waals surface area contributed by atoms with Gasteiger partial charge in [0, 0.05) is 0 Å². The van der Waals surface area contributed by atoms with E-state index in [0.717, 1.165) is 0 Å². The molecular formula is C18H3BCl12. The highest BCUT2D eigenvalue weighted by molar-refractivity contribution is 7.02. The molecule has 0 fully saturated rings. The molecule has 0 aliphatic rings. The Labute approximate surface area is 238 Å². The second-order valence-electron chi connectivity index (χ2n) is 6.08. The predicted molar refractivity (Wildman–Crippen MR) is 144 cm³/mol. The summed E-state index contributed by atoms with van der Waals surface area (Å²) in [5.74, 6) is 0. The van der Waals surface area contributed by atoms with E-state index < -0.39 is 6.71 Å². The number of rotatable bonds is 3. The van der Waals surface area contributed by atoms with Gasteiger partial charge in [-0.25, -0.2) is 0 Å². The zero-order chi connectivity index (χ0) is 23.4. The summed E-state index contributed by atoms with van der Waals surface area (Å²) < 4.78 is 0. The highest BCUT2D eigenvalue weighted by Crippen LogP contribution is 2.37. The van der Waals surface area contributed by atoms with Gasteiger partial charge in [-0.3, -0.25) is 0 Å². The van der Waals surface area contributed by atoms with Gasteiger partial charge in [-0.2, -0.15) is 0 Å². The normalized spacial score (nSPS) is 11.2. The van der Waals surface area contributed by atoms with Crippen molar-refractivity contribution in [1.82, 2.24) is 0 Å². The van der Waals surface area contributed by atoms with Crippen LogP contribution in [0.1, 0.15) is 0 Å². The van der Waals surface area contributed by atoms with Gasteiger partial charge in [0.05, 0.1) is 60.3 Å². The predicted octanol–water partition coefficient (Wildman–Crippen LogP) is 10.0. The smallest absolute Gasteiger partial charge is 0.0832 e. The molecule has 3 aromatic carbocycles. The van der Waals surface area contributed by atoms with E-state index in [-0.39, 0.29) is 76.7 Å². The van der Waals surface area contributed by atoms with Gasteiger partial charge in [-0.05, 0) is 34.6 Å². The molecule has 0 spiro atoms. The van der Waals surface area contributed by atoms with Crippen molar-refractivity contribution in [2.75, 3.05) is 0 Å². The largest absolute Gasteiger partial charge is 0.253 e. The molecule has 162 valence electrons. The summed E-state index contributed by atoms with van der Waals surface area (Å²) in [7, 11) is 0. The van der Waals surface area contributed by atoms with Gasteiger partial charge in [-0.15, -0.1) is 0 Å². The van der Waals surface area contributed by atoms with Gasteiger partial charge in [0.2, 0.25) is 0 Å². The van der Waals surface area contributed by atoms with E-state index in [4.69, 9.17) is 139 Å². The summed E-state index contributed by atoms with van der Waals surface area (Å²) in [4.78, 5) is 0. The van der Waals surface area contributed by atoms with E-state index in [1.165, 1.54) is 18.2 Å². The van der Waals surface area contributed by atoms with Crippen LogP contribution in [0, 0.1) is 0 Å². The third kappa shape index (κ3) is 4.97. The lowest BCUT2D eigenvalue weighted by Crippen LogP contribution is -2.55. The third-order valence-electron chi connectivity index (χ3n) is 4.30. The maximum atomic E-state index is 6.55. The molecule has 0 saturated heterocycles. The average Bonchev–Trinajstić information content (AvgIpc) is 2.69. The highest BCUT2D eigenvalue weighted by atomic mass is 35.5. The molecular weight excluding hydrogens is 652 g/mol. The number of benzene rings is 3. The fraction of sp³-hybridized carbons (Fsp3) is 0. The van der Waals surface area contributed by atoms with E-state index >= 15 is 0 Å². The lowest BCUT2D eigenvalue weighted by atomic mass is 9.36. The summed E-state index contributed by atoms with van der Waals surface area (Å²) in [6, 6.07) is 4.16. The molecule has 0 saturated carbocycles. The molecule has 0 aliphatic carbocycles. The van der Waals surface area contributed by atoms with Crippen LogP contribution in [0.4, 0.5) is 0 Å². The summed E-state index contributed by atoms with van der Waals surface area (Å²) in [6.45, 7) is -1.05. The molecule has 0 heterocycles. The second-order valence-corrected chi connectivity index (χ2v) is 10.8. The summed E-state index contributed by atoms with van der Waals surface area (Å²) >= 11 is 77.0. The number of hydrogen-bond donors (Lipinski definition) is 0. The Hall–Kier alpha value is 1.20. The minimum Gasteiger partial charge on any atom is -0.0832 e. The summed E-state index contributed by atoms with van der Waals surface area (Å²) in [5.41, 5.74) is 0.598. The van der Waals surface area contributed by atoms with Crippen molar-refractivity contribution in [3.05, 3.63) is 78.5 Å². The van der Waals surface area contributed by atoms with Crippen LogP contribution in [0.2, 0.25) is 60.3 Å². The maximum Gasteiger partial charge on any atom is 0.253 e. The topological polar surface area (TPSA) is 0 Å². The molecule has 0 amide bonds. The lowest BCUT2D eigenvalue weighted by Gasteiger charge is -2.25. The van der Waals surface area contributed by atoms with Crippen LogP contribution >= 0.6 is 139 Å². The van der Waals surface area contributed by atoms with Gasteiger partial charge in [0.1, 0.15) is 0 Å². The average molecular weight is 655 g/mol. The highest BCUT2D eigenvalue weighted by Gasteiger charge is 2.37. The molecule has 3 aromatic rings. The van der Waals surface area contributed by atoms with Crippen LogP contribution in [0.15, 0.2) is 18.2 Å². The van der Waals surface area contributed by atoms with E-state index in [1.807, 2.05) is 0 Å². The maximum absolute atomic E-state index is 6.55. The Morgan fingerprint density at radius 1 is 0.323 bits per heavy atom. The van der Waals surface area contributed by atoms with Crippen LogP contribution in [0.5, 0.6) is 0 Å². The first-order valence-corrected chi connectivity index (χ1v) is 12.4. The van der Waals surface area contributed by atoms with Crippen molar-refractivity contribution in [2.45, 2.75) is 0 Å². The monoisotopic (exact) mass is 650 g/mol. The number of hydrogen-bond acceptors (Lipinski definition) is 0. The minimum atomic E-state index is -1.05. The van der Waals surface area contributed by atoms with Gasteiger partial charge >= 0.3 is 0 Å². The van der Waals surface area contributed by atoms with Crippen molar-refractivity contribution in [3.63, 3.8) is 0 Å². The summed E-state index contributed by atoms with van der Waals surface area (Å²) in [5, 5.41) is 0.941. The van der Waals surface area contributed by atoms with Crippen molar-refractivity contribution in [1.29, 1.82) is 0 Å². The molecule has 31 heavy (non-hydrogen) atoms. The van der Waals surface area contributed by atoms with Gasteiger partial charge in [0.15, 0.2) is 0 Å². The second kappa shape index (κ2) is 10.4. The molecule has 13 heteroatoms. The quantitative estimate of drug-likeness (QED) is 0.195. The molecule has 0 aromatic heterocycles. The van der Waals surface area contributed by atoms with Gasteiger partial charge in [0.25, 0.3) is 6.71 Å². The molecule has 0 atom stereocenters. The fourth-order valence-electron chi connectivity index (χ4n) is 2.97. The first kappa shape index (κ1) is 26.8. The Kier molecular flexibility index (Phi) is 9.03. The first-order chi connectivity index (χ1) is 14.4. The zero-order valence-electron chi connectivity index (χ0n) is 14.3. The van der Waals surface area contributed by atoms with Crippen LogP contribution in [0.3, 0.4) is 0 Å². The van der Waals surface area contributed by atoms with Crippen molar-refractivity contribution >= 4 is 162 Å². The van der Waals surface area contributed by atoms with Crippen LogP contribution in [-0.4, -0.2) is 6.71 Å². The van der Waals surface area contributed by atoms with Crippen molar-refractivity contribution in [3.8, 4) is 0 Å². The van der Waals surface area contributed by atoms with Crippen LogP contribution < -0.4 is 16.4 Å². The van der Waals surface area contributed by atoms with Crippen LogP contribution in [-0.2, 0) is 0 Å². The Morgan fingerprint density at radius 2 is 0.484 bits per heavy atom. The Balaban J connectivity index is 2.61. The van der Waals surface area contributed by atoms with Crippen molar-refractivity contribution < 1.29 is 0 Å². The minimum absolute atomic E-state index is 0.0486. The molecule has 0 unspecified atom stereocenters. The number of halogens is 12. The molecule has 0 bridgehead atoms. The molecule has 3 rings (SSSR count). The van der Waals surface area contributed by atoms with Gasteiger partial charge < -0.3 is 0 Å². The zero-order valence-corrected chi connectivity index (χ0v) is 23.4. The van der Waals surface area contributed by atoms with Gasteiger partial charge in [-0.1, -0.05) is 139 Å². The molecule has 0 radical (unpaired) electrons.